The van der Waals surface area contributed by atoms with Crippen LogP contribution in [0.1, 0.15) is 13.8 Å². The summed E-state index contributed by atoms with van der Waals surface area (Å²) in [6.45, 7) is 5.56. The smallest absolute Gasteiger partial charge is 0.241 e. The van der Waals surface area contributed by atoms with E-state index in [-0.39, 0.29) is 12.5 Å². The maximum atomic E-state index is 12.0. The van der Waals surface area contributed by atoms with E-state index in [0.29, 0.717) is 30.4 Å². The molecule has 0 bridgehead atoms. The summed E-state index contributed by atoms with van der Waals surface area (Å²) in [6.07, 6.45) is 5.39. The quantitative estimate of drug-likeness (QED) is 0.825. The number of likely N-dealkylation sites (N-methyl/N-ethyl adjacent to an activating group) is 1. The molecule has 0 saturated carbocycles. The van der Waals surface area contributed by atoms with Crippen LogP contribution in [-0.4, -0.2) is 51.9 Å². The van der Waals surface area contributed by atoms with Gasteiger partial charge in [0.25, 0.3) is 0 Å². The highest BCUT2D eigenvalue weighted by molar-refractivity contribution is 5.82. The van der Waals surface area contributed by atoms with Gasteiger partial charge in [0.2, 0.25) is 5.91 Å². The minimum absolute atomic E-state index is 0.0522. The maximum Gasteiger partial charge on any atom is 0.241 e. The molecule has 0 aliphatic heterocycles. The number of imidazole rings is 1. The lowest BCUT2D eigenvalue weighted by molar-refractivity contribution is -0.128. The second-order valence-electron chi connectivity index (χ2n) is 4.30. The van der Waals surface area contributed by atoms with E-state index in [1.807, 2.05) is 30.6 Å². The number of carbonyl (C=O) groups is 1. The van der Waals surface area contributed by atoms with E-state index in [2.05, 4.69) is 20.6 Å². The normalized spacial score (nSPS) is 10.6. The van der Waals surface area contributed by atoms with Crippen molar-refractivity contribution in [3.8, 4) is 0 Å². The van der Waals surface area contributed by atoms with E-state index in [4.69, 9.17) is 0 Å². The van der Waals surface area contributed by atoms with E-state index < -0.39 is 0 Å². The maximum absolute atomic E-state index is 12.0. The lowest BCUT2D eigenvalue weighted by Crippen LogP contribution is -2.35. The Kier molecular flexibility index (Phi) is 4.39. The average molecular weight is 276 g/mol. The summed E-state index contributed by atoms with van der Waals surface area (Å²) in [7, 11) is 1.80. The molecule has 20 heavy (non-hydrogen) atoms. The molecule has 7 nitrogen and oxygen atoms in total. The van der Waals surface area contributed by atoms with Crippen LogP contribution < -0.4 is 10.6 Å². The van der Waals surface area contributed by atoms with Crippen LogP contribution in [0.5, 0.6) is 0 Å². The molecule has 1 amide bonds. The van der Waals surface area contributed by atoms with Gasteiger partial charge in [0.1, 0.15) is 5.82 Å². The third-order valence-corrected chi connectivity index (χ3v) is 3.15. The Morgan fingerprint density at radius 1 is 1.40 bits per heavy atom. The van der Waals surface area contributed by atoms with E-state index in [1.165, 1.54) is 0 Å². The average Bonchev–Trinajstić information content (AvgIpc) is 2.94. The molecule has 0 radical (unpaired) electrons. The van der Waals surface area contributed by atoms with Gasteiger partial charge in [0.05, 0.1) is 12.7 Å². The second-order valence-corrected chi connectivity index (χ2v) is 4.30. The third kappa shape index (κ3) is 2.81. The van der Waals surface area contributed by atoms with Crippen LogP contribution in [0.4, 0.5) is 11.6 Å². The first-order chi connectivity index (χ1) is 9.69. The largest absolute Gasteiger partial charge is 0.372 e. The van der Waals surface area contributed by atoms with Gasteiger partial charge >= 0.3 is 0 Å². The fraction of sp³-hybridized carbons (Fsp3) is 0.462. The van der Waals surface area contributed by atoms with Crippen LogP contribution >= 0.6 is 0 Å². The zero-order chi connectivity index (χ0) is 14.5. The zero-order valence-corrected chi connectivity index (χ0v) is 12.1. The Morgan fingerprint density at radius 3 is 2.80 bits per heavy atom. The first-order valence-corrected chi connectivity index (χ1v) is 6.72. The van der Waals surface area contributed by atoms with Gasteiger partial charge < -0.3 is 19.9 Å². The summed E-state index contributed by atoms with van der Waals surface area (Å²) in [5.74, 6) is 1.37. The van der Waals surface area contributed by atoms with Crippen molar-refractivity contribution < 1.29 is 4.79 Å². The van der Waals surface area contributed by atoms with Gasteiger partial charge in [-0.15, -0.1) is 0 Å². The van der Waals surface area contributed by atoms with Crippen molar-refractivity contribution in [2.75, 3.05) is 37.3 Å². The van der Waals surface area contributed by atoms with Gasteiger partial charge in [-0.3, -0.25) is 4.79 Å². The highest BCUT2D eigenvalue weighted by atomic mass is 16.2. The molecule has 0 aromatic carbocycles. The number of carbonyl (C=O) groups excluding carboxylic acids is 1. The molecule has 0 atom stereocenters. The molecule has 2 N–H and O–H groups in total. The van der Waals surface area contributed by atoms with Gasteiger partial charge in [-0.1, -0.05) is 0 Å². The van der Waals surface area contributed by atoms with Gasteiger partial charge in [0.15, 0.2) is 11.5 Å². The molecule has 108 valence electrons. The monoisotopic (exact) mass is 276 g/mol. The summed E-state index contributed by atoms with van der Waals surface area (Å²) < 4.78 is 1.86. The molecule has 0 unspecified atom stereocenters. The van der Waals surface area contributed by atoms with Crippen LogP contribution in [0.3, 0.4) is 0 Å². The molecule has 2 aromatic rings. The molecule has 2 aromatic heterocycles. The van der Waals surface area contributed by atoms with Gasteiger partial charge in [0, 0.05) is 32.5 Å². The number of rotatable bonds is 6. The van der Waals surface area contributed by atoms with Crippen molar-refractivity contribution in [1.29, 1.82) is 0 Å². The number of fused-ring (bicyclic) bond motifs is 1. The molecule has 7 heteroatoms. The molecule has 0 spiro atoms. The molecule has 2 heterocycles. The predicted molar refractivity (Wildman–Crippen MR) is 79.0 cm³/mol. The highest BCUT2D eigenvalue weighted by Gasteiger charge is 2.12. The van der Waals surface area contributed by atoms with Crippen LogP contribution in [0.2, 0.25) is 0 Å². The molecule has 2 rings (SSSR count). The molecule has 0 saturated heterocycles. The van der Waals surface area contributed by atoms with Crippen LogP contribution in [-0.2, 0) is 4.79 Å². The number of hydrogen-bond acceptors (Lipinski definition) is 5. The first-order valence-electron chi connectivity index (χ1n) is 6.72. The van der Waals surface area contributed by atoms with Crippen molar-refractivity contribution in [1.82, 2.24) is 19.3 Å². The van der Waals surface area contributed by atoms with Gasteiger partial charge in [-0.25, -0.2) is 9.97 Å². The van der Waals surface area contributed by atoms with Crippen molar-refractivity contribution in [2.24, 2.45) is 0 Å². The Hall–Kier alpha value is -2.31. The van der Waals surface area contributed by atoms with Crippen molar-refractivity contribution >= 4 is 23.2 Å². The standard InChI is InChI=1S/C13H20N6O/c1-4-18(5-2)11(20)8-16-12-13-15-6-7-19(13)9-10(14-3)17-12/h6-7,9,14H,4-5,8H2,1-3H3,(H,16,17). The number of aromatic nitrogens is 3. The van der Waals surface area contributed by atoms with E-state index in [9.17, 15) is 4.79 Å². The number of hydrogen-bond donors (Lipinski definition) is 2. The number of nitrogens with zero attached hydrogens (tertiary/aromatic N) is 4. The van der Waals surface area contributed by atoms with Crippen molar-refractivity contribution in [3.63, 3.8) is 0 Å². The Balaban J connectivity index is 2.16. The van der Waals surface area contributed by atoms with Gasteiger partial charge in [-0.2, -0.15) is 0 Å². The van der Waals surface area contributed by atoms with Crippen LogP contribution in [0.25, 0.3) is 5.65 Å². The van der Waals surface area contributed by atoms with E-state index in [1.54, 1.807) is 18.1 Å². The lowest BCUT2D eigenvalue weighted by Gasteiger charge is -2.19. The van der Waals surface area contributed by atoms with Gasteiger partial charge in [-0.05, 0) is 13.8 Å². The van der Waals surface area contributed by atoms with E-state index in [0.717, 1.165) is 0 Å². The minimum atomic E-state index is 0.0522. The number of nitrogens with one attached hydrogen (secondary N) is 2. The fourth-order valence-electron chi connectivity index (χ4n) is 2.02. The SMILES string of the molecule is CCN(CC)C(=O)CNc1nc(NC)cn2ccnc12. The summed E-state index contributed by atoms with van der Waals surface area (Å²) in [6, 6.07) is 0. The summed E-state index contributed by atoms with van der Waals surface area (Å²) in [5, 5.41) is 6.06. The lowest BCUT2D eigenvalue weighted by atomic mass is 10.4. The summed E-state index contributed by atoms with van der Waals surface area (Å²) >= 11 is 0. The van der Waals surface area contributed by atoms with Crippen molar-refractivity contribution in [3.05, 3.63) is 18.6 Å². The van der Waals surface area contributed by atoms with Crippen molar-refractivity contribution in [2.45, 2.75) is 13.8 Å². The molecule has 0 aliphatic carbocycles. The topological polar surface area (TPSA) is 74.6 Å². The van der Waals surface area contributed by atoms with Crippen LogP contribution in [0.15, 0.2) is 18.6 Å². The molecule has 0 aliphatic rings. The summed E-state index contributed by atoms with van der Waals surface area (Å²) in [5.41, 5.74) is 0.705. The Bertz CT molecular complexity index is 590. The zero-order valence-electron chi connectivity index (χ0n) is 12.1. The molecule has 0 fully saturated rings. The first kappa shape index (κ1) is 14.1. The second kappa shape index (κ2) is 6.23. The Labute approximate surface area is 118 Å². The minimum Gasteiger partial charge on any atom is -0.372 e. The number of amides is 1. The number of anilines is 2. The molecular weight excluding hydrogens is 256 g/mol. The van der Waals surface area contributed by atoms with E-state index >= 15 is 0 Å². The highest BCUT2D eigenvalue weighted by Crippen LogP contribution is 2.15. The summed E-state index contributed by atoms with van der Waals surface area (Å²) in [4.78, 5) is 22.4. The molecular formula is C13H20N6O. The Morgan fingerprint density at radius 2 is 2.15 bits per heavy atom. The third-order valence-electron chi connectivity index (χ3n) is 3.15. The predicted octanol–water partition coefficient (Wildman–Crippen LogP) is 1.05. The fourth-order valence-corrected chi connectivity index (χ4v) is 2.02. The van der Waals surface area contributed by atoms with Crippen LogP contribution in [0, 0.1) is 0 Å².